The Morgan fingerprint density at radius 1 is 1.20 bits per heavy atom. The standard InChI is InChI=1S/C14H8BrCl2NO2/c15-8-2-3-10(16)9(6-8)13(17)7-1-4-11-12(5-7)20-14(19)18-11/h1-6,13H,(H,18,19). The van der Waals surface area contributed by atoms with Crippen LogP contribution in [0.2, 0.25) is 5.02 Å². The monoisotopic (exact) mass is 371 g/mol. The average molecular weight is 373 g/mol. The maximum Gasteiger partial charge on any atom is 0.417 e. The Labute approximate surface area is 132 Å². The molecule has 0 aliphatic heterocycles. The minimum Gasteiger partial charge on any atom is -0.408 e. The van der Waals surface area contributed by atoms with E-state index in [0.29, 0.717) is 16.1 Å². The number of benzene rings is 2. The summed E-state index contributed by atoms with van der Waals surface area (Å²) in [6, 6.07) is 10.8. The van der Waals surface area contributed by atoms with E-state index >= 15 is 0 Å². The van der Waals surface area contributed by atoms with Gasteiger partial charge in [-0.1, -0.05) is 33.6 Å². The van der Waals surface area contributed by atoms with Crippen LogP contribution in [0.3, 0.4) is 0 Å². The lowest BCUT2D eigenvalue weighted by molar-refractivity contribution is 0.555. The first-order valence-corrected chi connectivity index (χ1v) is 7.37. The second-order valence-corrected chi connectivity index (χ2v) is 6.06. The van der Waals surface area contributed by atoms with E-state index in [1.165, 1.54) is 0 Å². The zero-order valence-corrected chi connectivity index (χ0v) is 13.1. The number of aromatic amines is 1. The lowest BCUT2D eigenvalue weighted by atomic mass is 10.0. The zero-order valence-electron chi connectivity index (χ0n) is 9.99. The topological polar surface area (TPSA) is 46.0 Å². The van der Waals surface area contributed by atoms with E-state index in [1.54, 1.807) is 18.2 Å². The van der Waals surface area contributed by atoms with Gasteiger partial charge in [0.1, 0.15) is 0 Å². The minimum atomic E-state index is -0.483. The van der Waals surface area contributed by atoms with E-state index in [0.717, 1.165) is 15.6 Å². The van der Waals surface area contributed by atoms with Crippen LogP contribution in [-0.2, 0) is 0 Å². The normalized spacial score (nSPS) is 12.8. The number of nitrogens with one attached hydrogen (secondary N) is 1. The molecule has 0 bridgehead atoms. The molecule has 3 nitrogen and oxygen atoms in total. The summed E-state index contributed by atoms with van der Waals surface area (Å²) in [5.74, 6) is -0.483. The van der Waals surface area contributed by atoms with E-state index in [4.69, 9.17) is 27.6 Å². The van der Waals surface area contributed by atoms with Gasteiger partial charge < -0.3 is 4.42 Å². The van der Waals surface area contributed by atoms with Gasteiger partial charge >= 0.3 is 5.76 Å². The molecule has 0 amide bonds. The average Bonchev–Trinajstić information content (AvgIpc) is 2.79. The summed E-state index contributed by atoms with van der Waals surface area (Å²) in [6.45, 7) is 0. The molecule has 6 heteroatoms. The number of halogens is 3. The Hall–Kier alpha value is -1.23. The maximum atomic E-state index is 11.2. The number of rotatable bonds is 2. The molecule has 0 saturated heterocycles. The molecule has 0 fully saturated rings. The Balaban J connectivity index is 2.09. The fourth-order valence-electron chi connectivity index (χ4n) is 2.01. The fourth-order valence-corrected chi connectivity index (χ4v) is 2.99. The third kappa shape index (κ3) is 2.51. The second-order valence-electron chi connectivity index (χ2n) is 4.30. The van der Waals surface area contributed by atoms with Gasteiger partial charge in [0.05, 0.1) is 10.9 Å². The van der Waals surface area contributed by atoms with Crippen LogP contribution >= 0.6 is 39.1 Å². The van der Waals surface area contributed by atoms with Crippen molar-refractivity contribution in [2.45, 2.75) is 5.38 Å². The van der Waals surface area contributed by atoms with Crippen molar-refractivity contribution in [3.8, 4) is 0 Å². The molecule has 3 rings (SSSR count). The van der Waals surface area contributed by atoms with Crippen LogP contribution in [0.5, 0.6) is 0 Å². The Morgan fingerprint density at radius 3 is 2.80 bits per heavy atom. The van der Waals surface area contributed by atoms with Gasteiger partial charge in [-0.05, 0) is 41.5 Å². The number of alkyl halides is 1. The number of oxazole rings is 1. The van der Waals surface area contributed by atoms with Gasteiger partial charge in [-0.15, -0.1) is 11.6 Å². The van der Waals surface area contributed by atoms with E-state index in [9.17, 15) is 4.79 Å². The Morgan fingerprint density at radius 2 is 2.00 bits per heavy atom. The summed E-state index contributed by atoms with van der Waals surface area (Å²) >= 11 is 16.1. The smallest absolute Gasteiger partial charge is 0.408 e. The molecule has 0 radical (unpaired) electrons. The van der Waals surface area contributed by atoms with Crippen LogP contribution in [0, 0.1) is 0 Å². The molecule has 1 aromatic heterocycles. The first-order valence-electron chi connectivity index (χ1n) is 5.76. The van der Waals surface area contributed by atoms with Crippen LogP contribution in [0.15, 0.2) is 50.1 Å². The van der Waals surface area contributed by atoms with E-state index in [-0.39, 0.29) is 0 Å². The molecule has 20 heavy (non-hydrogen) atoms. The highest BCUT2D eigenvalue weighted by atomic mass is 79.9. The molecule has 0 aliphatic rings. The molecule has 0 spiro atoms. The van der Waals surface area contributed by atoms with Crippen molar-refractivity contribution in [1.82, 2.24) is 4.98 Å². The number of H-pyrrole nitrogens is 1. The summed E-state index contributed by atoms with van der Waals surface area (Å²) in [6.07, 6.45) is 0. The summed E-state index contributed by atoms with van der Waals surface area (Å²) < 4.78 is 5.94. The maximum absolute atomic E-state index is 11.2. The molecule has 1 atom stereocenters. The number of hydrogen-bond donors (Lipinski definition) is 1. The molecule has 1 unspecified atom stereocenters. The van der Waals surface area contributed by atoms with Crippen molar-refractivity contribution in [3.05, 3.63) is 67.6 Å². The first-order chi connectivity index (χ1) is 9.54. The van der Waals surface area contributed by atoms with Gasteiger partial charge in [-0.3, -0.25) is 4.98 Å². The summed E-state index contributed by atoms with van der Waals surface area (Å²) in [5.41, 5.74) is 2.72. The van der Waals surface area contributed by atoms with Gasteiger partial charge in [0.25, 0.3) is 0 Å². The van der Waals surface area contributed by atoms with Gasteiger partial charge in [0.15, 0.2) is 5.58 Å². The van der Waals surface area contributed by atoms with Crippen molar-refractivity contribution in [1.29, 1.82) is 0 Å². The van der Waals surface area contributed by atoms with Crippen LogP contribution in [0.4, 0.5) is 0 Å². The largest absolute Gasteiger partial charge is 0.417 e. The summed E-state index contributed by atoms with van der Waals surface area (Å²) in [7, 11) is 0. The van der Waals surface area contributed by atoms with Crippen molar-refractivity contribution < 1.29 is 4.42 Å². The molecule has 102 valence electrons. The number of hydrogen-bond acceptors (Lipinski definition) is 2. The van der Waals surface area contributed by atoms with E-state index in [2.05, 4.69) is 20.9 Å². The highest BCUT2D eigenvalue weighted by molar-refractivity contribution is 9.10. The molecule has 1 N–H and O–H groups in total. The van der Waals surface area contributed by atoms with E-state index in [1.807, 2.05) is 18.2 Å². The molecule has 1 heterocycles. The first kappa shape index (κ1) is 13.7. The second kappa shape index (κ2) is 5.28. The SMILES string of the molecule is O=c1[nH]c2ccc(C(Cl)c3cc(Br)ccc3Cl)cc2o1. The van der Waals surface area contributed by atoms with Crippen LogP contribution in [0.25, 0.3) is 11.1 Å². The Bertz CT molecular complexity index is 841. The molecular formula is C14H8BrCl2NO2. The van der Waals surface area contributed by atoms with Gasteiger partial charge in [-0.25, -0.2) is 4.79 Å². The molecule has 3 aromatic rings. The van der Waals surface area contributed by atoms with Crippen molar-refractivity contribution in [3.63, 3.8) is 0 Å². The van der Waals surface area contributed by atoms with Gasteiger partial charge in [0, 0.05) is 9.50 Å². The zero-order chi connectivity index (χ0) is 14.3. The summed E-state index contributed by atoms with van der Waals surface area (Å²) in [5, 5.41) is 0.161. The predicted octanol–water partition coefficient (Wildman–Crippen LogP) is 4.87. The highest BCUT2D eigenvalue weighted by Crippen LogP contribution is 2.36. The van der Waals surface area contributed by atoms with Gasteiger partial charge in [-0.2, -0.15) is 0 Å². The lowest BCUT2D eigenvalue weighted by Crippen LogP contribution is -1.94. The third-order valence-electron chi connectivity index (χ3n) is 2.97. The molecular weight excluding hydrogens is 365 g/mol. The fraction of sp³-hybridized carbons (Fsp3) is 0.0714. The highest BCUT2D eigenvalue weighted by Gasteiger charge is 2.16. The third-order valence-corrected chi connectivity index (χ3v) is 4.29. The van der Waals surface area contributed by atoms with Gasteiger partial charge in [0.2, 0.25) is 0 Å². The minimum absolute atomic E-state index is 0.426. The van der Waals surface area contributed by atoms with Crippen molar-refractivity contribution >= 4 is 50.2 Å². The number of aromatic nitrogens is 1. The van der Waals surface area contributed by atoms with Crippen molar-refractivity contribution in [2.75, 3.05) is 0 Å². The predicted molar refractivity (Wildman–Crippen MR) is 83.7 cm³/mol. The molecule has 0 saturated carbocycles. The Kier molecular flexibility index (Phi) is 3.63. The quantitative estimate of drug-likeness (QED) is 0.652. The molecule has 2 aromatic carbocycles. The van der Waals surface area contributed by atoms with Crippen molar-refractivity contribution in [2.24, 2.45) is 0 Å². The lowest BCUT2D eigenvalue weighted by Gasteiger charge is -2.12. The summed E-state index contributed by atoms with van der Waals surface area (Å²) in [4.78, 5) is 13.7. The molecule has 0 aliphatic carbocycles. The number of fused-ring (bicyclic) bond motifs is 1. The van der Waals surface area contributed by atoms with Crippen LogP contribution in [0.1, 0.15) is 16.5 Å². The van der Waals surface area contributed by atoms with Crippen LogP contribution < -0.4 is 5.76 Å². The van der Waals surface area contributed by atoms with E-state index < -0.39 is 11.1 Å². The van der Waals surface area contributed by atoms with Crippen LogP contribution in [-0.4, -0.2) is 4.98 Å².